The van der Waals surface area contributed by atoms with Crippen molar-refractivity contribution < 1.29 is 9.84 Å². The number of aliphatic hydroxyl groups excluding tert-OH is 1. The van der Waals surface area contributed by atoms with Crippen LogP contribution >= 0.6 is 22.6 Å². The van der Waals surface area contributed by atoms with Gasteiger partial charge in [-0.3, -0.25) is 9.36 Å². The van der Waals surface area contributed by atoms with Crippen molar-refractivity contribution in [1.29, 1.82) is 0 Å². The number of aryl methyl sites for hydroxylation is 1. The third-order valence-electron chi connectivity index (χ3n) is 2.20. The average molecular weight is 354 g/mol. The van der Waals surface area contributed by atoms with E-state index in [0.717, 1.165) is 4.57 Å². The van der Waals surface area contributed by atoms with Gasteiger partial charge in [0, 0.05) is 19.9 Å². The fraction of sp³-hybridized carbons (Fsp3) is 0.600. The first-order valence-corrected chi connectivity index (χ1v) is 6.27. The minimum atomic E-state index is -0.862. The van der Waals surface area contributed by atoms with Gasteiger partial charge in [0.25, 0.3) is 5.56 Å². The van der Waals surface area contributed by atoms with Gasteiger partial charge in [-0.15, -0.1) is 0 Å². The van der Waals surface area contributed by atoms with Crippen LogP contribution in [0, 0.1) is 3.57 Å². The van der Waals surface area contributed by atoms with Crippen LogP contribution < -0.4 is 11.2 Å². The molecule has 0 aliphatic carbocycles. The number of aliphatic hydroxyl groups is 1. The number of nitrogens with zero attached hydrogens (tertiary/aromatic N) is 2. The third kappa shape index (κ3) is 3.65. The van der Waals surface area contributed by atoms with Crippen LogP contribution in [-0.4, -0.2) is 33.6 Å². The van der Waals surface area contributed by atoms with Gasteiger partial charge in [-0.1, -0.05) is 0 Å². The monoisotopic (exact) mass is 354 g/mol. The van der Waals surface area contributed by atoms with E-state index in [9.17, 15) is 14.7 Å². The predicted octanol–water partition coefficient (Wildman–Crippen LogP) is -0.451. The Bertz CT molecular complexity index is 460. The average Bonchev–Trinajstić information content (AvgIpc) is 2.29. The molecule has 1 N–H and O–H groups in total. The van der Waals surface area contributed by atoms with E-state index < -0.39 is 11.8 Å². The Morgan fingerprint density at radius 1 is 1.53 bits per heavy atom. The molecule has 1 aromatic rings. The normalized spacial score (nSPS) is 12.7. The molecular weight excluding hydrogens is 339 g/mol. The highest BCUT2D eigenvalue weighted by atomic mass is 127. The Balaban J connectivity index is 2.98. The smallest absolute Gasteiger partial charge is 0.330 e. The van der Waals surface area contributed by atoms with Crippen molar-refractivity contribution in [2.75, 3.05) is 13.2 Å². The Hall–Kier alpha value is -0.670. The maximum absolute atomic E-state index is 11.7. The molecule has 1 atom stereocenters. The zero-order chi connectivity index (χ0) is 13.0. The lowest BCUT2D eigenvalue weighted by Crippen LogP contribution is -2.43. The molecule has 1 heterocycles. The summed E-state index contributed by atoms with van der Waals surface area (Å²) in [5.74, 6) is 0. The van der Waals surface area contributed by atoms with Gasteiger partial charge in [-0.2, -0.15) is 0 Å². The van der Waals surface area contributed by atoms with Crippen LogP contribution in [0.5, 0.6) is 0 Å². The summed E-state index contributed by atoms with van der Waals surface area (Å²) in [5.41, 5.74) is -0.824. The Morgan fingerprint density at radius 3 is 2.76 bits per heavy atom. The van der Waals surface area contributed by atoms with E-state index in [2.05, 4.69) is 0 Å². The van der Waals surface area contributed by atoms with Crippen molar-refractivity contribution in [2.45, 2.75) is 19.6 Å². The predicted molar refractivity (Wildman–Crippen MR) is 71.2 cm³/mol. The van der Waals surface area contributed by atoms with Crippen LogP contribution in [0.4, 0.5) is 0 Å². The Morgan fingerprint density at radius 2 is 2.18 bits per heavy atom. The fourth-order valence-electron chi connectivity index (χ4n) is 1.37. The van der Waals surface area contributed by atoms with Gasteiger partial charge in [0.2, 0.25) is 0 Å². The molecular formula is C10H15IN2O4. The summed E-state index contributed by atoms with van der Waals surface area (Å²) in [5, 5.41) is 9.63. The molecule has 96 valence electrons. The molecule has 0 amide bonds. The molecule has 0 aliphatic rings. The van der Waals surface area contributed by atoms with Crippen molar-refractivity contribution in [1.82, 2.24) is 9.13 Å². The molecule has 0 aliphatic heterocycles. The first-order valence-electron chi connectivity index (χ1n) is 5.19. The zero-order valence-corrected chi connectivity index (χ0v) is 11.9. The van der Waals surface area contributed by atoms with Crippen LogP contribution in [0.3, 0.4) is 0 Å². The highest BCUT2D eigenvalue weighted by Crippen LogP contribution is 1.94. The number of ether oxygens (including phenoxy) is 1. The van der Waals surface area contributed by atoms with E-state index in [1.54, 1.807) is 7.05 Å². The number of hydrogen-bond donors (Lipinski definition) is 1. The largest absolute Gasteiger partial charge is 0.389 e. The summed E-state index contributed by atoms with van der Waals surface area (Å²) >= 11 is 1.86. The minimum absolute atomic E-state index is 0.0532. The first kappa shape index (κ1) is 14.4. The van der Waals surface area contributed by atoms with Gasteiger partial charge in [-0.05, 0) is 29.5 Å². The molecule has 1 aromatic heterocycles. The molecule has 6 nitrogen and oxygen atoms in total. The lowest BCUT2D eigenvalue weighted by Gasteiger charge is -2.13. The zero-order valence-electron chi connectivity index (χ0n) is 9.72. The molecule has 0 radical (unpaired) electrons. The standard InChI is InChI=1S/C10H15IN2O4/c1-3-17-6-7(14)4-13-9(15)8(11)5-12(2)10(13)16/h5,7,14H,3-4,6H2,1-2H3. The number of hydrogen-bond acceptors (Lipinski definition) is 4. The number of halogens is 1. The quantitative estimate of drug-likeness (QED) is 0.727. The van der Waals surface area contributed by atoms with E-state index in [1.807, 2.05) is 29.5 Å². The molecule has 7 heteroatoms. The van der Waals surface area contributed by atoms with Crippen LogP contribution in [0.25, 0.3) is 0 Å². The molecule has 0 saturated heterocycles. The van der Waals surface area contributed by atoms with Gasteiger partial charge in [0.15, 0.2) is 0 Å². The maximum Gasteiger partial charge on any atom is 0.330 e. The highest BCUT2D eigenvalue weighted by Gasteiger charge is 2.12. The maximum atomic E-state index is 11.7. The van der Waals surface area contributed by atoms with Crippen molar-refractivity contribution in [2.24, 2.45) is 7.05 Å². The van der Waals surface area contributed by atoms with Crippen LogP contribution in [0.1, 0.15) is 6.92 Å². The number of aromatic nitrogens is 2. The van der Waals surface area contributed by atoms with E-state index in [-0.39, 0.29) is 18.7 Å². The van der Waals surface area contributed by atoms with Crippen LogP contribution in [0.2, 0.25) is 0 Å². The molecule has 17 heavy (non-hydrogen) atoms. The topological polar surface area (TPSA) is 73.5 Å². The summed E-state index contributed by atoms with van der Waals surface area (Å²) in [7, 11) is 1.56. The summed E-state index contributed by atoms with van der Waals surface area (Å²) in [6.45, 7) is 2.35. The Kier molecular flexibility index (Phi) is 5.34. The van der Waals surface area contributed by atoms with Crippen molar-refractivity contribution in [3.63, 3.8) is 0 Å². The lowest BCUT2D eigenvalue weighted by atomic mass is 10.3. The van der Waals surface area contributed by atoms with Gasteiger partial charge in [-0.25, -0.2) is 4.79 Å². The van der Waals surface area contributed by atoms with E-state index in [0.29, 0.717) is 10.2 Å². The van der Waals surface area contributed by atoms with E-state index in [4.69, 9.17) is 4.74 Å². The van der Waals surface area contributed by atoms with Gasteiger partial charge >= 0.3 is 5.69 Å². The Labute approximate surface area is 112 Å². The van der Waals surface area contributed by atoms with Gasteiger partial charge < -0.3 is 14.4 Å². The van der Waals surface area contributed by atoms with Crippen LogP contribution in [0.15, 0.2) is 15.8 Å². The minimum Gasteiger partial charge on any atom is -0.389 e. The molecule has 0 aromatic carbocycles. The summed E-state index contributed by atoms with van der Waals surface area (Å²) in [6.07, 6.45) is 0.606. The van der Waals surface area contributed by atoms with Crippen molar-refractivity contribution in [3.05, 3.63) is 30.6 Å². The number of rotatable bonds is 5. The van der Waals surface area contributed by atoms with Crippen molar-refractivity contribution in [3.8, 4) is 0 Å². The second-order valence-electron chi connectivity index (χ2n) is 3.60. The van der Waals surface area contributed by atoms with Gasteiger partial charge in [0.05, 0.1) is 22.8 Å². The highest BCUT2D eigenvalue weighted by molar-refractivity contribution is 14.1. The van der Waals surface area contributed by atoms with Crippen molar-refractivity contribution >= 4 is 22.6 Å². The molecule has 0 saturated carbocycles. The molecule has 0 fully saturated rings. The molecule has 0 spiro atoms. The second kappa shape index (κ2) is 6.31. The van der Waals surface area contributed by atoms with E-state index in [1.165, 1.54) is 10.8 Å². The summed E-state index contributed by atoms with van der Waals surface area (Å²) in [4.78, 5) is 23.5. The van der Waals surface area contributed by atoms with Gasteiger partial charge in [0.1, 0.15) is 0 Å². The third-order valence-corrected chi connectivity index (χ3v) is 2.94. The fourth-order valence-corrected chi connectivity index (χ4v) is 2.07. The SMILES string of the molecule is CCOCC(O)Cn1c(=O)c(I)cn(C)c1=O. The van der Waals surface area contributed by atoms with Crippen LogP contribution in [-0.2, 0) is 18.3 Å². The van der Waals surface area contributed by atoms with E-state index >= 15 is 0 Å². The molecule has 1 unspecified atom stereocenters. The molecule has 0 bridgehead atoms. The lowest BCUT2D eigenvalue weighted by molar-refractivity contribution is 0.0320. The second-order valence-corrected chi connectivity index (χ2v) is 4.76. The summed E-state index contributed by atoms with van der Waals surface area (Å²) < 4.78 is 7.81. The molecule has 1 rings (SSSR count). The summed E-state index contributed by atoms with van der Waals surface area (Å²) in [6, 6.07) is 0. The first-order chi connectivity index (χ1) is 7.97.